The molecule has 0 aromatic carbocycles. The molecule has 0 aliphatic heterocycles. The van der Waals surface area contributed by atoms with Gasteiger partial charge in [-0.15, -0.1) is 0 Å². The van der Waals surface area contributed by atoms with Crippen LogP contribution in [0.2, 0.25) is 0 Å². The lowest BCUT2D eigenvalue weighted by atomic mass is 9.96. The normalized spacial score (nSPS) is 14.3. The zero-order chi connectivity index (χ0) is 15.3. The Bertz CT molecular complexity index is 421. The Kier molecular flexibility index (Phi) is 6.20. The molecule has 5 heteroatoms. The van der Waals surface area contributed by atoms with Crippen LogP contribution in [0.5, 0.6) is 0 Å². The summed E-state index contributed by atoms with van der Waals surface area (Å²) < 4.78 is 5.12. The first-order valence-electron chi connectivity index (χ1n) is 7.19. The number of aryl methyl sites for hydroxylation is 2. The number of carbonyl (C=O) groups excluding carboxylic acids is 1. The fraction of sp³-hybridized carbons (Fsp3) is 0.733. The highest BCUT2D eigenvalue weighted by Gasteiger charge is 2.22. The Morgan fingerprint density at radius 3 is 2.45 bits per heavy atom. The van der Waals surface area contributed by atoms with E-state index in [4.69, 9.17) is 9.63 Å². The SMILES string of the molecule is Cc1noc(C)c1CC(C)C(=O)NC(CCO)C(C)C. The molecule has 0 saturated heterocycles. The Labute approximate surface area is 120 Å². The van der Waals surface area contributed by atoms with Gasteiger partial charge in [-0.25, -0.2) is 0 Å². The van der Waals surface area contributed by atoms with Crippen molar-refractivity contribution in [2.45, 2.75) is 53.5 Å². The van der Waals surface area contributed by atoms with Gasteiger partial charge in [-0.05, 0) is 32.6 Å². The van der Waals surface area contributed by atoms with Crippen LogP contribution in [0, 0.1) is 25.7 Å². The zero-order valence-electron chi connectivity index (χ0n) is 13.1. The van der Waals surface area contributed by atoms with Gasteiger partial charge in [0.1, 0.15) is 5.76 Å². The summed E-state index contributed by atoms with van der Waals surface area (Å²) in [6.07, 6.45) is 1.21. The quantitative estimate of drug-likeness (QED) is 0.802. The fourth-order valence-electron chi connectivity index (χ4n) is 2.23. The number of aromatic nitrogens is 1. The van der Waals surface area contributed by atoms with E-state index in [1.165, 1.54) is 0 Å². The van der Waals surface area contributed by atoms with Gasteiger partial charge in [-0.1, -0.05) is 25.9 Å². The average molecular weight is 282 g/mol. The Hall–Kier alpha value is -1.36. The van der Waals surface area contributed by atoms with Crippen molar-refractivity contribution in [1.29, 1.82) is 0 Å². The van der Waals surface area contributed by atoms with Gasteiger partial charge in [0, 0.05) is 24.1 Å². The minimum absolute atomic E-state index is 0.0112. The lowest BCUT2D eigenvalue weighted by Crippen LogP contribution is -2.42. The summed E-state index contributed by atoms with van der Waals surface area (Å²) in [6.45, 7) is 9.82. The number of hydrogen-bond donors (Lipinski definition) is 2. The number of nitrogens with zero attached hydrogens (tertiary/aromatic N) is 1. The van der Waals surface area contributed by atoms with Crippen molar-refractivity contribution < 1.29 is 14.4 Å². The van der Waals surface area contributed by atoms with Gasteiger partial charge >= 0.3 is 0 Å². The summed E-state index contributed by atoms with van der Waals surface area (Å²) in [6, 6.07) is 0.0135. The molecule has 0 spiro atoms. The second-order valence-corrected chi connectivity index (χ2v) is 5.78. The topological polar surface area (TPSA) is 75.4 Å². The van der Waals surface area contributed by atoms with Crippen LogP contribution in [0.3, 0.4) is 0 Å². The summed E-state index contributed by atoms with van der Waals surface area (Å²) >= 11 is 0. The minimum atomic E-state index is -0.147. The number of rotatable bonds is 7. The molecule has 5 nitrogen and oxygen atoms in total. The molecule has 0 fully saturated rings. The smallest absolute Gasteiger partial charge is 0.223 e. The lowest BCUT2D eigenvalue weighted by molar-refractivity contribution is -0.125. The van der Waals surface area contributed by atoms with E-state index >= 15 is 0 Å². The van der Waals surface area contributed by atoms with E-state index in [-0.39, 0.29) is 24.5 Å². The van der Waals surface area contributed by atoms with Crippen molar-refractivity contribution in [1.82, 2.24) is 10.5 Å². The molecule has 2 atom stereocenters. The number of carbonyl (C=O) groups is 1. The summed E-state index contributed by atoms with van der Waals surface area (Å²) in [7, 11) is 0. The molecule has 0 aliphatic carbocycles. The molecule has 1 aromatic rings. The molecule has 1 aromatic heterocycles. The summed E-state index contributed by atoms with van der Waals surface area (Å²) in [5, 5.41) is 16.0. The van der Waals surface area contributed by atoms with Crippen LogP contribution in [0.15, 0.2) is 4.52 Å². The first-order chi connectivity index (χ1) is 9.36. The highest BCUT2D eigenvalue weighted by Crippen LogP contribution is 2.17. The van der Waals surface area contributed by atoms with Crippen LogP contribution in [-0.2, 0) is 11.2 Å². The average Bonchev–Trinajstić information content (AvgIpc) is 2.69. The second kappa shape index (κ2) is 7.43. The van der Waals surface area contributed by atoms with Crippen molar-refractivity contribution in [3.8, 4) is 0 Å². The lowest BCUT2D eigenvalue weighted by Gasteiger charge is -2.23. The van der Waals surface area contributed by atoms with E-state index in [2.05, 4.69) is 10.5 Å². The maximum absolute atomic E-state index is 12.2. The van der Waals surface area contributed by atoms with Crippen LogP contribution in [0.1, 0.15) is 44.2 Å². The van der Waals surface area contributed by atoms with Crippen molar-refractivity contribution in [2.24, 2.45) is 11.8 Å². The molecular formula is C15H26N2O3. The van der Waals surface area contributed by atoms with Crippen molar-refractivity contribution >= 4 is 5.91 Å². The van der Waals surface area contributed by atoms with Crippen molar-refractivity contribution in [2.75, 3.05) is 6.61 Å². The molecule has 0 saturated carbocycles. The number of aliphatic hydroxyl groups excluding tert-OH is 1. The summed E-state index contributed by atoms with van der Waals surface area (Å²) in [4.78, 5) is 12.2. The maximum Gasteiger partial charge on any atom is 0.223 e. The minimum Gasteiger partial charge on any atom is -0.396 e. The second-order valence-electron chi connectivity index (χ2n) is 5.78. The summed E-state index contributed by atoms with van der Waals surface area (Å²) in [5.41, 5.74) is 1.86. The molecule has 1 heterocycles. The van der Waals surface area contributed by atoms with Crippen LogP contribution < -0.4 is 5.32 Å². The van der Waals surface area contributed by atoms with Gasteiger partial charge in [0.2, 0.25) is 5.91 Å². The van der Waals surface area contributed by atoms with Crippen LogP contribution in [0.4, 0.5) is 0 Å². The summed E-state index contributed by atoms with van der Waals surface area (Å²) in [5.74, 6) is 0.944. The number of nitrogens with one attached hydrogen (secondary N) is 1. The van der Waals surface area contributed by atoms with E-state index in [0.717, 1.165) is 17.0 Å². The van der Waals surface area contributed by atoms with E-state index < -0.39 is 0 Å². The monoisotopic (exact) mass is 282 g/mol. The number of amides is 1. The zero-order valence-corrected chi connectivity index (χ0v) is 13.1. The predicted octanol–water partition coefficient (Wildman–Crippen LogP) is 1.99. The highest BCUT2D eigenvalue weighted by molar-refractivity contribution is 5.79. The molecule has 2 N–H and O–H groups in total. The van der Waals surface area contributed by atoms with Gasteiger partial charge in [-0.3, -0.25) is 4.79 Å². The third kappa shape index (κ3) is 4.34. The van der Waals surface area contributed by atoms with Crippen molar-refractivity contribution in [3.63, 3.8) is 0 Å². The van der Waals surface area contributed by atoms with Crippen LogP contribution in [0.25, 0.3) is 0 Å². The van der Waals surface area contributed by atoms with Gasteiger partial charge < -0.3 is 14.9 Å². The molecule has 114 valence electrons. The molecule has 0 aliphatic rings. The first-order valence-corrected chi connectivity index (χ1v) is 7.19. The Morgan fingerprint density at radius 2 is 2.00 bits per heavy atom. The predicted molar refractivity (Wildman–Crippen MR) is 77.3 cm³/mol. The Morgan fingerprint density at radius 1 is 1.35 bits per heavy atom. The van der Waals surface area contributed by atoms with E-state index in [1.54, 1.807) is 0 Å². The standard InChI is InChI=1S/C15H26N2O3/c1-9(2)14(6-7-18)16-15(19)10(3)8-13-11(4)17-20-12(13)5/h9-10,14,18H,6-8H2,1-5H3,(H,16,19). The third-order valence-corrected chi connectivity index (χ3v) is 3.71. The molecule has 20 heavy (non-hydrogen) atoms. The van der Waals surface area contributed by atoms with Gasteiger partial charge in [0.05, 0.1) is 5.69 Å². The molecule has 1 amide bonds. The van der Waals surface area contributed by atoms with Crippen LogP contribution >= 0.6 is 0 Å². The molecule has 0 radical (unpaired) electrons. The van der Waals surface area contributed by atoms with E-state index in [1.807, 2.05) is 34.6 Å². The number of aliphatic hydroxyl groups is 1. The van der Waals surface area contributed by atoms with Gasteiger partial charge in [0.25, 0.3) is 0 Å². The maximum atomic E-state index is 12.2. The van der Waals surface area contributed by atoms with Crippen LogP contribution in [-0.4, -0.2) is 28.8 Å². The molecule has 1 rings (SSSR count). The first kappa shape index (κ1) is 16.7. The van der Waals surface area contributed by atoms with Gasteiger partial charge in [0.15, 0.2) is 0 Å². The Balaban J connectivity index is 2.63. The van der Waals surface area contributed by atoms with Crippen molar-refractivity contribution in [3.05, 3.63) is 17.0 Å². The van der Waals surface area contributed by atoms with E-state index in [9.17, 15) is 4.79 Å². The molecule has 2 unspecified atom stereocenters. The van der Waals surface area contributed by atoms with E-state index in [0.29, 0.717) is 18.8 Å². The third-order valence-electron chi connectivity index (χ3n) is 3.71. The molecule has 0 bridgehead atoms. The fourth-order valence-corrected chi connectivity index (χ4v) is 2.23. The van der Waals surface area contributed by atoms with Gasteiger partial charge in [-0.2, -0.15) is 0 Å². The largest absolute Gasteiger partial charge is 0.396 e. The number of hydrogen-bond acceptors (Lipinski definition) is 4. The highest BCUT2D eigenvalue weighted by atomic mass is 16.5. The molecular weight excluding hydrogens is 256 g/mol.